The van der Waals surface area contributed by atoms with Gasteiger partial charge in [0.2, 0.25) is 5.91 Å². The maximum Gasteiger partial charge on any atom is 0.240 e. The number of amides is 1. The number of aryl methyl sites for hydroxylation is 1. The van der Waals surface area contributed by atoms with E-state index in [9.17, 15) is 4.79 Å². The van der Waals surface area contributed by atoms with Crippen LogP contribution in [0.1, 0.15) is 46.7 Å². The van der Waals surface area contributed by atoms with Gasteiger partial charge < -0.3 is 5.32 Å². The monoisotopic (exact) mass is 417 g/mol. The van der Waals surface area contributed by atoms with Crippen molar-refractivity contribution >= 4 is 5.91 Å². The Bertz CT molecular complexity index is 1090. The first-order valence-corrected chi connectivity index (χ1v) is 11.4. The van der Waals surface area contributed by atoms with Crippen LogP contribution in [0, 0.1) is 0 Å². The van der Waals surface area contributed by atoms with Crippen molar-refractivity contribution in [3.05, 3.63) is 143 Å². The highest BCUT2D eigenvalue weighted by molar-refractivity contribution is 5.96. The Hall–Kier alpha value is -3.65. The summed E-state index contributed by atoms with van der Waals surface area (Å²) in [5.74, 6) is 0.0165. The number of carbonyl (C=O) groups is 1. The second-order valence-corrected chi connectivity index (χ2v) is 8.47. The van der Waals surface area contributed by atoms with E-state index < -0.39 is 5.41 Å². The highest BCUT2D eigenvalue weighted by Crippen LogP contribution is 2.41. The van der Waals surface area contributed by atoms with E-state index in [1.54, 1.807) is 0 Å². The fourth-order valence-electron chi connectivity index (χ4n) is 5.13. The molecule has 1 amide bonds. The van der Waals surface area contributed by atoms with Gasteiger partial charge in [0.1, 0.15) is 5.41 Å². The van der Waals surface area contributed by atoms with Gasteiger partial charge in [-0.15, -0.1) is 0 Å². The van der Waals surface area contributed by atoms with Gasteiger partial charge in [0.05, 0.1) is 6.04 Å². The molecule has 2 heteroatoms. The van der Waals surface area contributed by atoms with Crippen LogP contribution in [0.15, 0.2) is 115 Å². The van der Waals surface area contributed by atoms with Crippen LogP contribution in [0.3, 0.4) is 0 Å². The van der Waals surface area contributed by atoms with Gasteiger partial charge in [-0.05, 0) is 47.1 Å². The Kier molecular flexibility index (Phi) is 5.60. The second-order valence-electron chi connectivity index (χ2n) is 8.47. The summed E-state index contributed by atoms with van der Waals surface area (Å²) >= 11 is 0. The number of rotatable bonds is 5. The summed E-state index contributed by atoms with van der Waals surface area (Å²) < 4.78 is 0. The summed E-state index contributed by atoms with van der Waals surface area (Å²) in [5, 5.41) is 3.47. The van der Waals surface area contributed by atoms with Crippen LogP contribution >= 0.6 is 0 Å². The van der Waals surface area contributed by atoms with Crippen molar-refractivity contribution in [1.82, 2.24) is 5.32 Å². The molecule has 0 radical (unpaired) electrons. The second kappa shape index (κ2) is 8.84. The van der Waals surface area contributed by atoms with E-state index in [1.165, 1.54) is 11.1 Å². The topological polar surface area (TPSA) is 29.1 Å². The molecule has 0 heterocycles. The summed E-state index contributed by atoms with van der Waals surface area (Å²) in [6, 6.07) is 39.0. The van der Waals surface area contributed by atoms with E-state index in [1.807, 2.05) is 54.6 Å². The number of hydrogen-bond donors (Lipinski definition) is 1. The van der Waals surface area contributed by atoms with Crippen molar-refractivity contribution in [3.63, 3.8) is 0 Å². The molecular weight excluding hydrogens is 390 g/mol. The standard InChI is InChI=1S/C30H27NO/c32-29(31-28-22-12-14-23-13-10-11-21-27(23)28)30(24-15-4-1-5-16-24,25-17-6-2-7-18-25)26-19-8-3-9-20-26/h1-11,13,15-21,28H,12,14,22H2,(H,31,32). The normalized spacial score (nSPS) is 15.6. The predicted octanol–water partition coefficient (Wildman–Crippen LogP) is 6.21. The summed E-state index contributed by atoms with van der Waals surface area (Å²) in [4.78, 5) is 14.4. The Balaban J connectivity index is 1.68. The van der Waals surface area contributed by atoms with E-state index in [4.69, 9.17) is 0 Å². The van der Waals surface area contributed by atoms with E-state index in [-0.39, 0.29) is 11.9 Å². The number of benzene rings is 4. The zero-order chi connectivity index (χ0) is 21.8. The Morgan fingerprint density at radius 1 is 0.656 bits per heavy atom. The fourth-order valence-corrected chi connectivity index (χ4v) is 5.13. The van der Waals surface area contributed by atoms with Crippen LogP contribution in [0.4, 0.5) is 0 Å². The Labute approximate surface area is 189 Å². The van der Waals surface area contributed by atoms with Gasteiger partial charge in [-0.25, -0.2) is 0 Å². The lowest BCUT2D eigenvalue weighted by Gasteiger charge is -2.37. The number of carbonyl (C=O) groups excluding carboxylic acids is 1. The molecule has 158 valence electrons. The average Bonchev–Trinajstić information content (AvgIpc) is 2.87. The molecule has 1 aliphatic carbocycles. The van der Waals surface area contributed by atoms with Crippen LogP contribution < -0.4 is 5.32 Å². The van der Waals surface area contributed by atoms with E-state index in [0.717, 1.165) is 36.0 Å². The molecule has 4 aromatic rings. The summed E-state index contributed by atoms with van der Waals surface area (Å²) in [5.41, 5.74) is 4.57. The third kappa shape index (κ3) is 3.52. The predicted molar refractivity (Wildman–Crippen MR) is 129 cm³/mol. The third-order valence-electron chi connectivity index (χ3n) is 6.64. The molecular formula is C30H27NO. The van der Waals surface area contributed by atoms with Crippen molar-refractivity contribution in [1.29, 1.82) is 0 Å². The number of fused-ring (bicyclic) bond motifs is 1. The zero-order valence-corrected chi connectivity index (χ0v) is 18.1. The first-order chi connectivity index (χ1) is 15.8. The molecule has 0 bridgehead atoms. The molecule has 1 aliphatic rings. The van der Waals surface area contributed by atoms with Crippen LogP contribution in [-0.4, -0.2) is 5.91 Å². The van der Waals surface area contributed by atoms with Crippen LogP contribution in [0.5, 0.6) is 0 Å². The van der Waals surface area contributed by atoms with Gasteiger partial charge in [-0.2, -0.15) is 0 Å². The van der Waals surface area contributed by atoms with E-state index in [2.05, 4.69) is 66.0 Å². The zero-order valence-electron chi connectivity index (χ0n) is 18.1. The van der Waals surface area contributed by atoms with Crippen LogP contribution in [0.2, 0.25) is 0 Å². The summed E-state index contributed by atoms with van der Waals surface area (Å²) in [7, 11) is 0. The Morgan fingerprint density at radius 3 is 1.66 bits per heavy atom. The van der Waals surface area contributed by atoms with Crippen molar-refractivity contribution in [2.24, 2.45) is 0 Å². The lowest BCUT2D eigenvalue weighted by molar-refractivity contribution is -0.125. The lowest BCUT2D eigenvalue weighted by atomic mass is 9.68. The van der Waals surface area contributed by atoms with E-state index >= 15 is 0 Å². The van der Waals surface area contributed by atoms with Crippen molar-refractivity contribution in [2.75, 3.05) is 0 Å². The molecule has 1 N–H and O–H groups in total. The number of nitrogens with one attached hydrogen (secondary N) is 1. The van der Waals surface area contributed by atoms with Gasteiger partial charge in [0, 0.05) is 0 Å². The lowest BCUT2D eigenvalue weighted by Crippen LogP contribution is -2.48. The maximum absolute atomic E-state index is 14.4. The molecule has 5 rings (SSSR count). The SMILES string of the molecule is O=C(NC1CCCc2ccccc21)C(c1ccccc1)(c1ccccc1)c1ccccc1. The summed E-state index contributed by atoms with van der Waals surface area (Å²) in [6.07, 6.45) is 3.11. The number of hydrogen-bond acceptors (Lipinski definition) is 1. The molecule has 0 saturated carbocycles. The minimum absolute atomic E-state index is 0.0165. The largest absolute Gasteiger partial charge is 0.348 e. The van der Waals surface area contributed by atoms with Gasteiger partial charge in [0.15, 0.2) is 0 Å². The van der Waals surface area contributed by atoms with Crippen molar-refractivity contribution in [2.45, 2.75) is 30.7 Å². The first kappa shape index (κ1) is 20.3. The molecule has 0 saturated heterocycles. The van der Waals surface area contributed by atoms with Crippen LogP contribution in [0.25, 0.3) is 0 Å². The maximum atomic E-state index is 14.4. The molecule has 0 spiro atoms. The Morgan fingerprint density at radius 2 is 1.12 bits per heavy atom. The quantitative estimate of drug-likeness (QED) is 0.384. The minimum Gasteiger partial charge on any atom is -0.348 e. The van der Waals surface area contributed by atoms with Gasteiger partial charge in [0.25, 0.3) is 0 Å². The molecule has 0 aromatic heterocycles. The highest BCUT2D eigenvalue weighted by atomic mass is 16.2. The molecule has 4 aromatic carbocycles. The van der Waals surface area contributed by atoms with Crippen molar-refractivity contribution in [3.8, 4) is 0 Å². The van der Waals surface area contributed by atoms with Gasteiger partial charge in [-0.3, -0.25) is 4.79 Å². The molecule has 32 heavy (non-hydrogen) atoms. The smallest absolute Gasteiger partial charge is 0.240 e. The highest BCUT2D eigenvalue weighted by Gasteiger charge is 2.44. The van der Waals surface area contributed by atoms with Crippen molar-refractivity contribution < 1.29 is 4.79 Å². The molecule has 0 aliphatic heterocycles. The molecule has 2 nitrogen and oxygen atoms in total. The fraction of sp³-hybridized carbons (Fsp3) is 0.167. The first-order valence-electron chi connectivity index (χ1n) is 11.4. The molecule has 1 unspecified atom stereocenters. The van der Waals surface area contributed by atoms with Crippen LogP contribution in [-0.2, 0) is 16.6 Å². The van der Waals surface area contributed by atoms with Gasteiger partial charge in [-0.1, -0.05) is 115 Å². The molecule has 1 atom stereocenters. The summed E-state index contributed by atoms with van der Waals surface area (Å²) in [6.45, 7) is 0. The molecule has 0 fully saturated rings. The average molecular weight is 418 g/mol. The third-order valence-corrected chi connectivity index (χ3v) is 6.64. The van der Waals surface area contributed by atoms with Gasteiger partial charge >= 0.3 is 0 Å². The minimum atomic E-state index is -0.934. The van der Waals surface area contributed by atoms with E-state index in [0.29, 0.717) is 0 Å².